The molecule has 0 heterocycles. The van der Waals surface area contributed by atoms with Crippen molar-refractivity contribution < 1.29 is 9.47 Å². The van der Waals surface area contributed by atoms with E-state index in [1.807, 2.05) is 0 Å². The second-order valence-corrected chi connectivity index (χ2v) is 5.88. The molecule has 3 heteroatoms. The first-order valence-electron chi connectivity index (χ1n) is 8.74. The lowest BCUT2D eigenvalue weighted by Crippen LogP contribution is -2.51. The van der Waals surface area contributed by atoms with Crippen molar-refractivity contribution in [3.63, 3.8) is 0 Å². The van der Waals surface area contributed by atoms with E-state index in [9.17, 15) is 0 Å². The van der Waals surface area contributed by atoms with Crippen LogP contribution in [0.5, 0.6) is 0 Å². The van der Waals surface area contributed by atoms with Crippen LogP contribution in [0.15, 0.2) is 0 Å². The quantitative estimate of drug-likeness (QED) is 0.616. The first-order chi connectivity index (χ1) is 9.78. The molecule has 1 fully saturated rings. The van der Waals surface area contributed by atoms with Gasteiger partial charge < -0.3 is 14.8 Å². The standard InChI is InChI=1S/C17H35NO2/c1-5-13-18-16(17(19-7-3)20-8-4)15-12-10-9-11-14(15)6-2/h14-18H,5-13H2,1-4H3. The predicted molar refractivity (Wildman–Crippen MR) is 84.9 cm³/mol. The molecule has 1 saturated carbocycles. The molecule has 3 unspecified atom stereocenters. The summed E-state index contributed by atoms with van der Waals surface area (Å²) in [6.07, 6.45) is 7.78. The Morgan fingerprint density at radius 2 is 1.65 bits per heavy atom. The van der Waals surface area contributed by atoms with Crippen LogP contribution < -0.4 is 5.32 Å². The van der Waals surface area contributed by atoms with Crippen LogP contribution in [0.2, 0.25) is 0 Å². The summed E-state index contributed by atoms with van der Waals surface area (Å²) < 4.78 is 11.8. The SMILES string of the molecule is CCCNC(C(OCC)OCC)C1CCCCC1CC. The Balaban J connectivity index is 2.77. The Morgan fingerprint density at radius 3 is 2.20 bits per heavy atom. The maximum Gasteiger partial charge on any atom is 0.172 e. The second kappa shape index (κ2) is 10.6. The highest BCUT2D eigenvalue weighted by Crippen LogP contribution is 2.36. The summed E-state index contributed by atoms with van der Waals surface area (Å²) in [5.74, 6) is 1.52. The maximum atomic E-state index is 5.90. The van der Waals surface area contributed by atoms with Gasteiger partial charge in [-0.05, 0) is 45.1 Å². The van der Waals surface area contributed by atoms with E-state index >= 15 is 0 Å². The molecule has 3 atom stereocenters. The summed E-state index contributed by atoms with van der Waals surface area (Å²) in [6, 6.07) is 0.347. The highest BCUT2D eigenvalue weighted by atomic mass is 16.7. The average Bonchev–Trinajstić information content (AvgIpc) is 2.48. The topological polar surface area (TPSA) is 30.5 Å². The van der Waals surface area contributed by atoms with E-state index < -0.39 is 0 Å². The van der Waals surface area contributed by atoms with Gasteiger partial charge in [0.2, 0.25) is 0 Å². The molecule has 1 aliphatic rings. The van der Waals surface area contributed by atoms with Gasteiger partial charge in [-0.15, -0.1) is 0 Å². The summed E-state index contributed by atoms with van der Waals surface area (Å²) in [7, 11) is 0. The molecule has 1 aliphatic carbocycles. The van der Waals surface area contributed by atoms with Crippen LogP contribution in [0.4, 0.5) is 0 Å². The molecule has 120 valence electrons. The molecule has 0 spiro atoms. The van der Waals surface area contributed by atoms with Gasteiger partial charge >= 0.3 is 0 Å². The van der Waals surface area contributed by atoms with Crippen molar-refractivity contribution in [3.8, 4) is 0 Å². The molecule has 0 aromatic carbocycles. The maximum absolute atomic E-state index is 5.90. The fourth-order valence-electron chi connectivity index (χ4n) is 3.56. The van der Waals surface area contributed by atoms with Gasteiger partial charge in [-0.2, -0.15) is 0 Å². The van der Waals surface area contributed by atoms with E-state index in [0.717, 1.165) is 32.1 Å². The van der Waals surface area contributed by atoms with Gasteiger partial charge in [0.15, 0.2) is 6.29 Å². The number of ether oxygens (including phenoxy) is 2. The van der Waals surface area contributed by atoms with Crippen molar-refractivity contribution in [2.75, 3.05) is 19.8 Å². The molecular weight excluding hydrogens is 250 g/mol. The fraction of sp³-hybridized carbons (Fsp3) is 1.00. The molecule has 0 saturated heterocycles. The summed E-state index contributed by atoms with van der Waals surface area (Å²) in [5, 5.41) is 3.72. The zero-order chi connectivity index (χ0) is 14.8. The molecule has 20 heavy (non-hydrogen) atoms. The largest absolute Gasteiger partial charge is 0.351 e. The van der Waals surface area contributed by atoms with Gasteiger partial charge in [0.25, 0.3) is 0 Å². The highest BCUT2D eigenvalue weighted by molar-refractivity contribution is 4.87. The first-order valence-corrected chi connectivity index (χ1v) is 8.74. The lowest BCUT2D eigenvalue weighted by atomic mass is 9.73. The summed E-state index contributed by atoms with van der Waals surface area (Å²) in [6.45, 7) is 11.2. The molecule has 1 N–H and O–H groups in total. The lowest BCUT2D eigenvalue weighted by Gasteiger charge is -2.40. The minimum Gasteiger partial charge on any atom is -0.351 e. The summed E-state index contributed by atoms with van der Waals surface area (Å²) in [4.78, 5) is 0. The van der Waals surface area contributed by atoms with Crippen molar-refractivity contribution in [1.29, 1.82) is 0 Å². The first kappa shape index (κ1) is 17.9. The summed E-state index contributed by atoms with van der Waals surface area (Å²) in [5.41, 5.74) is 0. The molecule has 3 nitrogen and oxygen atoms in total. The smallest absolute Gasteiger partial charge is 0.172 e. The van der Waals surface area contributed by atoms with Crippen LogP contribution in [0, 0.1) is 11.8 Å². The number of hydrogen-bond donors (Lipinski definition) is 1. The molecule has 0 aromatic rings. The van der Waals surface area contributed by atoms with Crippen LogP contribution in [0.1, 0.15) is 66.2 Å². The third-order valence-electron chi connectivity index (χ3n) is 4.54. The van der Waals surface area contributed by atoms with E-state index in [2.05, 4.69) is 33.0 Å². The Hall–Kier alpha value is -0.120. The van der Waals surface area contributed by atoms with Crippen LogP contribution >= 0.6 is 0 Å². The van der Waals surface area contributed by atoms with Gasteiger partial charge in [-0.3, -0.25) is 0 Å². The van der Waals surface area contributed by atoms with Gasteiger partial charge in [0, 0.05) is 13.2 Å². The molecule has 0 radical (unpaired) electrons. The molecule has 0 amide bonds. The van der Waals surface area contributed by atoms with Crippen LogP contribution in [-0.4, -0.2) is 32.1 Å². The second-order valence-electron chi connectivity index (χ2n) is 5.88. The van der Waals surface area contributed by atoms with Crippen molar-refractivity contribution >= 4 is 0 Å². The van der Waals surface area contributed by atoms with E-state index in [4.69, 9.17) is 9.47 Å². The van der Waals surface area contributed by atoms with Gasteiger partial charge in [0.05, 0.1) is 6.04 Å². The van der Waals surface area contributed by atoms with Crippen molar-refractivity contribution in [2.24, 2.45) is 11.8 Å². The minimum atomic E-state index is -0.0892. The number of nitrogens with one attached hydrogen (secondary N) is 1. The van der Waals surface area contributed by atoms with E-state index in [1.165, 1.54) is 32.1 Å². The Kier molecular flexibility index (Phi) is 9.49. The zero-order valence-electron chi connectivity index (χ0n) is 14.0. The molecule has 0 aliphatic heterocycles. The Labute approximate surface area is 125 Å². The van der Waals surface area contributed by atoms with Crippen LogP contribution in [0.25, 0.3) is 0 Å². The van der Waals surface area contributed by atoms with Crippen molar-refractivity contribution in [3.05, 3.63) is 0 Å². The third-order valence-corrected chi connectivity index (χ3v) is 4.54. The highest BCUT2D eigenvalue weighted by Gasteiger charge is 2.36. The van der Waals surface area contributed by atoms with Crippen molar-refractivity contribution in [1.82, 2.24) is 5.32 Å². The van der Waals surface area contributed by atoms with Crippen LogP contribution in [0.3, 0.4) is 0 Å². The Morgan fingerprint density at radius 1 is 1.00 bits per heavy atom. The zero-order valence-corrected chi connectivity index (χ0v) is 14.0. The van der Waals surface area contributed by atoms with Gasteiger partial charge in [-0.25, -0.2) is 0 Å². The fourth-order valence-corrected chi connectivity index (χ4v) is 3.56. The van der Waals surface area contributed by atoms with Gasteiger partial charge in [-0.1, -0.05) is 39.5 Å². The van der Waals surface area contributed by atoms with Gasteiger partial charge in [0.1, 0.15) is 0 Å². The Bertz CT molecular complexity index is 229. The predicted octanol–water partition coefficient (Wildman–Crippen LogP) is 3.97. The molecular formula is C17H35NO2. The monoisotopic (exact) mass is 285 g/mol. The van der Waals surface area contributed by atoms with Crippen molar-refractivity contribution in [2.45, 2.75) is 78.6 Å². The molecule has 1 rings (SSSR count). The molecule has 0 aromatic heterocycles. The lowest BCUT2D eigenvalue weighted by molar-refractivity contribution is -0.168. The normalized spacial score (nSPS) is 25.1. The number of hydrogen-bond acceptors (Lipinski definition) is 3. The summed E-state index contributed by atoms with van der Waals surface area (Å²) >= 11 is 0. The number of rotatable bonds is 10. The molecule has 0 bridgehead atoms. The average molecular weight is 285 g/mol. The van der Waals surface area contributed by atoms with Crippen LogP contribution in [-0.2, 0) is 9.47 Å². The third kappa shape index (κ3) is 5.34. The van der Waals surface area contributed by atoms with E-state index in [0.29, 0.717) is 12.0 Å². The van der Waals surface area contributed by atoms with E-state index in [-0.39, 0.29) is 6.29 Å². The minimum absolute atomic E-state index is 0.0892. The van der Waals surface area contributed by atoms with E-state index in [1.54, 1.807) is 0 Å².